The summed E-state index contributed by atoms with van der Waals surface area (Å²) in [5.41, 5.74) is 0. The van der Waals surface area contributed by atoms with Crippen LogP contribution < -0.4 is 5.32 Å². The number of thiophene rings is 1. The Morgan fingerprint density at radius 1 is 1.56 bits per heavy atom. The number of halogens is 1. The van der Waals surface area contributed by atoms with Gasteiger partial charge in [0, 0.05) is 16.8 Å². The lowest BCUT2D eigenvalue weighted by Crippen LogP contribution is -2.28. The van der Waals surface area contributed by atoms with Crippen LogP contribution in [0.15, 0.2) is 12.1 Å². The predicted molar refractivity (Wildman–Crippen MR) is 73.6 cm³/mol. The minimum absolute atomic E-state index is 0.0612. The lowest BCUT2D eigenvalue weighted by atomic mass is 10.0. The van der Waals surface area contributed by atoms with Gasteiger partial charge in [0.15, 0.2) is 0 Å². The van der Waals surface area contributed by atoms with Gasteiger partial charge < -0.3 is 5.32 Å². The first-order valence-electron chi connectivity index (χ1n) is 5.58. The molecule has 1 N–H and O–H groups in total. The van der Waals surface area contributed by atoms with Gasteiger partial charge in [-0.15, -0.1) is 11.3 Å². The highest BCUT2D eigenvalue weighted by Gasteiger charge is 2.10. The third kappa shape index (κ3) is 4.26. The van der Waals surface area contributed by atoms with Gasteiger partial charge in [-0.25, -0.2) is 0 Å². The molecule has 0 aromatic carbocycles. The van der Waals surface area contributed by atoms with E-state index in [9.17, 15) is 4.79 Å². The summed E-state index contributed by atoms with van der Waals surface area (Å²) in [5.74, 6) is 0.635. The summed E-state index contributed by atoms with van der Waals surface area (Å²) in [7, 11) is 0. The van der Waals surface area contributed by atoms with Crippen molar-refractivity contribution in [1.29, 1.82) is 0 Å². The van der Waals surface area contributed by atoms with Gasteiger partial charge in [0.05, 0.1) is 4.88 Å². The first kappa shape index (κ1) is 13.7. The molecule has 0 bridgehead atoms. The zero-order valence-electron chi connectivity index (χ0n) is 9.75. The smallest absolute Gasteiger partial charge is 0.261 e. The molecule has 4 heteroatoms. The van der Waals surface area contributed by atoms with Gasteiger partial charge >= 0.3 is 0 Å². The Morgan fingerprint density at radius 2 is 2.31 bits per heavy atom. The van der Waals surface area contributed by atoms with Crippen molar-refractivity contribution in [2.45, 2.75) is 26.7 Å². The first-order chi connectivity index (χ1) is 7.67. The topological polar surface area (TPSA) is 29.1 Å². The lowest BCUT2D eigenvalue weighted by Gasteiger charge is -2.13. The van der Waals surface area contributed by atoms with Crippen molar-refractivity contribution in [3.8, 4) is 0 Å². The molecular formula is C12H18BrNOS. The largest absolute Gasteiger partial charge is 0.351 e. The summed E-state index contributed by atoms with van der Waals surface area (Å²) in [6, 6.07) is 3.87. The fraction of sp³-hybridized carbons (Fsp3) is 0.583. The van der Waals surface area contributed by atoms with E-state index in [2.05, 4.69) is 28.2 Å². The molecular weight excluding hydrogens is 286 g/mol. The van der Waals surface area contributed by atoms with E-state index in [1.807, 2.05) is 19.1 Å². The van der Waals surface area contributed by atoms with Gasteiger partial charge in [-0.3, -0.25) is 4.79 Å². The summed E-state index contributed by atoms with van der Waals surface area (Å²) in [6.45, 7) is 4.95. The zero-order valence-corrected chi connectivity index (χ0v) is 12.2. The highest BCUT2D eigenvalue weighted by Crippen LogP contribution is 2.15. The quantitative estimate of drug-likeness (QED) is 0.799. The second-order valence-corrected chi connectivity index (χ2v) is 5.95. The number of nitrogens with one attached hydrogen (secondary N) is 1. The fourth-order valence-electron chi connectivity index (χ4n) is 1.49. The molecule has 1 amide bonds. The van der Waals surface area contributed by atoms with E-state index < -0.39 is 0 Å². The average Bonchev–Trinajstić information content (AvgIpc) is 2.70. The van der Waals surface area contributed by atoms with Gasteiger partial charge in [0.25, 0.3) is 5.91 Å². The van der Waals surface area contributed by atoms with Gasteiger partial charge in [-0.2, -0.15) is 0 Å². The van der Waals surface area contributed by atoms with Crippen molar-refractivity contribution in [1.82, 2.24) is 5.32 Å². The molecule has 2 nitrogen and oxygen atoms in total. The van der Waals surface area contributed by atoms with Gasteiger partial charge in [0.1, 0.15) is 0 Å². The summed E-state index contributed by atoms with van der Waals surface area (Å²) >= 11 is 4.98. The summed E-state index contributed by atoms with van der Waals surface area (Å²) in [5, 5.41) is 4.00. The normalized spacial score (nSPS) is 12.4. The van der Waals surface area contributed by atoms with Crippen LogP contribution in [0.3, 0.4) is 0 Å². The van der Waals surface area contributed by atoms with E-state index in [0.717, 1.165) is 29.6 Å². The predicted octanol–water partition coefficient (Wildman–Crippen LogP) is 3.60. The Kier molecular flexibility index (Phi) is 6.06. The molecule has 0 saturated heterocycles. The Balaban J connectivity index is 2.40. The van der Waals surface area contributed by atoms with Crippen LogP contribution in [-0.2, 0) is 0 Å². The minimum atomic E-state index is 0.0612. The Labute approximate surface area is 110 Å². The Bertz CT molecular complexity index is 338. The third-order valence-corrected chi connectivity index (χ3v) is 4.07. The van der Waals surface area contributed by atoms with Crippen LogP contribution in [0.4, 0.5) is 0 Å². The molecule has 0 spiro atoms. The maximum absolute atomic E-state index is 11.8. The van der Waals surface area contributed by atoms with Gasteiger partial charge in [-0.1, -0.05) is 29.3 Å². The van der Waals surface area contributed by atoms with Gasteiger partial charge in [0.2, 0.25) is 0 Å². The third-order valence-electron chi connectivity index (χ3n) is 2.61. The number of rotatable bonds is 6. The molecule has 1 unspecified atom stereocenters. The van der Waals surface area contributed by atoms with E-state index in [1.54, 1.807) is 11.3 Å². The molecule has 1 atom stereocenters. The highest BCUT2D eigenvalue weighted by molar-refractivity contribution is 9.09. The van der Waals surface area contributed by atoms with Crippen LogP contribution >= 0.6 is 27.3 Å². The fourth-order valence-corrected chi connectivity index (χ4v) is 2.92. The zero-order chi connectivity index (χ0) is 12.0. The standard InChI is InChI=1S/C12H18BrNOS/c1-3-10(6-7-13)8-14-12(15)11-5-4-9(2)16-11/h4-5,10H,3,6-8H2,1-2H3,(H,14,15). The summed E-state index contributed by atoms with van der Waals surface area (Å²) in [6.07, 6.45) is 2.22. The molecule has 90 valence electrons. The van der Waals surface area contributed by atoms with E-state index in [1.165, 1.54) is 4.88 Å². The van der Waals surface area contributed by atoms with Crippen LogP contribution in [0.5, 0.6) is 0 Å². The number of alkyl halides is 1. The average molecular weight is 304 g/mol. The molecule has 1 aromatic rings. The van der Waals surface area contributed by atoms with E-state index in [-0.39, 0.29) is 5.91 Å². The molecule has 0 aliphatic heterocycles. The van der Waals surface area contributed by atoms with Crippen molar-refractivity contribution in [2.75, 3.05) is 11.9 Å². The molecule has 1 heterocycles. The van der Waals surface area contributed by atoms with Crippen molar-refractivity contribution in [2.24, 2.45) is 5.92 Å². The number of aryl methyl sites for hydroxylation is 1. The Morgan fingerprint density at radius 3 is 2.81 bits per heavy atom. The second kappa shape index (κ2) is 7.07. The number of hydrogen-bond donors (Lipinski definition) is 1. The van der Waals surface area contributed by atoms with Crippen LogP contribution in [0.2, 0.25) is 0 Å². The highest BCUT2D eigenvalue weighted by atomic mass is 79.9. The number of hydrogen-bond acceptors (Lipinski definition) is 2. The molecule has 0 aliphatic carbocycles. The number of carbonyl (C=O) groups is 1. The molecule has 0 fully saturated rings. The maximum Gasteiger partial charge on any atom is 0.261 e. The summed E-state index contributed by atoms with van der Waals surface area (Å²) in [4.78, 5) is 13.8. The van der Waals surface area contributed by atoms with Crippen LogP contribution in [0, 0.1) is 12.8 Å². The molecule has 0 saturated carbocycles. The lowest BCUT2D eigenvalue weighted by molar-refractivity contribution is 0.0950. The molecule has 16 heavy (non-hydrogen) atoms. The molecule has 1 aromatic heterocycles. The maximum atomic E-state index is 11.8. The molecule has 0 radical (unpaired) electrons. The Hall–Kier alpha value is -0.350. The van der Waals surface area contributed by atoms with Crippen molar-refractivity contribution >= 4 is 33.2 Å². The van der Waals surface area contributed by atoms with E-state index in [0.29, 0.717) is 5.92 Å². The monoisotopic (exact) mass is 303 g/mol. The van der Waals surface area contributed by atoms with Crippen LogP contribution in [0.25, 0.3) is 0 Å². The second-order valence-electron chi connectivity index (χ2n) is 3.87. The van der Waals surface area contributed by atoms with Crippen molar-refractivity contribution < 1.29 is 4.79 Å². The van der Waals surface area contributed by atoms with Crippen LogP contribution in [-0.4, -0.2) is 17.8 Å². The molecule has 1 rings (SSSR count). The SMILES string of the molecule is CCC(CCBr)CNC(=O)c1ccc(C)s1. The van der Waals surface area contributed by atoms with E-state index in [4.69, 9.17) is 0 Å². The van der Waals surface area contributed by atoms with Crippen LogP contribution in [0.1, 0.15) is 34.3 Å². The van der Waals surface area contributed by atoms with E-state index >= 15 is 0 Å². The van der Waals surface area contributed by atoms with Crippen molar-refractivity contribution in [3.05, 3.63) is 21.9 Å². The number of carbonyl (C=O) groups excluding carboxylic acids is 1. The van der Waals surface area contributed by atoms with Gasteiger partial charge in [-0.05, 0) is 31.4 Å². The minimum Gasteiger partial charge on any atom is -0.351 e. The van der Waals surface area contributed by atoms with Crippen molar-refractivity contribution in [3.63, 3.8) is 0 Å². The molecule has 0 aliphatic rings. The summed E-state index contributed by atoms with van der Waals surface area (Å²) < 4.78 is 0. The first-order valence-corrected chi connectivity index (χ1v) is 7.51. The number of amides is 1.